The Bertz CT molecular complexity index is 1190. The van der Waals surface area contributed by atoms with Crippen molar-refractivity contribution < 1.29 is 27.1 Å². The number of esters is 1. The van der Waals surface area contributed by atoms with Crippen molar-refractivity contribution >= 4 is 32.7 Å². The van der Waals surface area contributed by atoms with Gasteiger partial charge in [0.25, 0.3) is 0 Å². The third kappa shape index (κ3) is 4.36. The molecule has 1 aromatic heterocycles. The van der Waals surface area contributed by atoms with Crippen LogP contribution in [-0.4, -0.2) is 37.8 Å². The van der Waals surface area contributed by atoms with Crippen LogP contribution in [0, 0.1) is 12.7 Å². The maximum atomic E-state index is 13.7. The highest BCUT2D eigenvalue weighted by atomic mass is 32.2. The van der Waals surface area contributed by atoms with Gasteiger partial charge < -0.3 is 9.72 Å². The number of nitrogens with one attached hydrogen (secondary N) is 2. The highest BCUT2D eigenvalue weighted by Gasteiger charge is 2.25. The van der Waals surface area contributed by atoms with Gasteiger partial charge in [0.2, 0.25) is 15.8 Å². The van der Waals surface area contributed by atoms with Gasteiger partial charge in [0.05, 0.1) is 0 Å². The van der Waals surface area contributed by atoms with E-state index in [1.807, 2.05) is 16.9 Å². The Morgan fingerprint density at radius 3 is 2.52 bits per heavy atom. The lowest BCUT2D eigenvalue weighted by atomic mass is 10.0. The molecule has 0 saturated heterocycles. The topological polar surface area (TPSA) is 105 Å². The number of aryl methyl sites for hydroxylation is 1. The molecule has 0 aliphatic rings. The molecule has 0 spiro atoms. The molecule has 0 aliphatic carbocycles. The first kappa shape index (κ1) is 20.7. The van der Waals surface area contributed by atoms with Gasteiger partial charge in [-0.3, -0.25) is 9.59 Å². The number of Topliss-reactive ketones (excluding diaryl/α,β-unsaturated/α-hetero) is 1. The number of aromatic nitrogens is 1. The number of sulfonamides is 1. The van der Waals surface area contributed by atoms with Gasteiger partial charge in [0.1, 0.15) is 17.3 Å². The molecular formula is C20H19FN2O5S. The number of halogens is 1. The molecule has 0 aliphatic heterocycles. The monoisotopic (exact) mass is 418 g/mol. The van der Waals surface area contributed by atoms with Crippen molar-refractivity contribution in [1.29, 1.82) is 0 Å². The second kappa shape index (κ2) is 8.14. The fourth-order valence-electron chi connectivity index (χ4n) is 2.98. The van der Waals surface area contributed by atoms with Gasteiger partial charge in [0, 0.05) is 22.2 Å². The summed E-state index contributed by atoms with van der Waals surface area (Å²) in [5, 5.41) is 0.707. The van der Waals surface area contributed by atoms with Crippen LogP contribution in [0.3, 0.4) is 0 Å². The molecule has 7 nitrogen and oxygen atoms in total. The number of para-hydroxylation sites is 1. The Morgan fingerprint density at radius 1 is 1.14 bits per heavy atom. The SMILES string of the molecule is Cc1[nH]c2ccccc2c1C(=O)[C@H](C)OC(=O)CNS(=O)(=O)c1ccccc1F. The molecule has 1 heterocycles. The summed E-state index contributed by atoms with van der Waals surface area (Å²) in [4.78, 5) is 27.3. The van der Waals surface area contributed by atoms with Crippen LogP contribution in [0.4, 0.5) is 4.39 Å². The predicted molar refractivity (Wildman–Crippen MR) is 105 cm³/mol. The average molecular weight is 418 g/mol. The van der Waals surface area contributed by atoms with E-state index >= 15 is 0 Å². The van der Waals surface area contributed by atoms with Crippen LogP contribution < -0.4 is 4.72 Å². The first-order chi connectivity index (χ1) is 13.7. The number of carbonyl (C=O) groups is 2. The molecule has 29 heavy (non-hydrogen) atoms. The maximum absolute atomic E-state index is 13.7. The molecular weight excluding hydrogens is 399 g/mol. The van der Waals surface area contributed by atoms with Crippen molar-refractivity contribution in [1.82, 2.24) is 9.71 Å². The first-order valence-electron chi connectivity index (χ1n) is 8.76. The number of benzene rings is 2. The van der Waals surface area contributed by atoms with E-state index in [-0.39, 0.29) is 0 Å². The van der Waals surface area contributed by atoms with E-state index in [1.54, 1.807) is 19.1 Å². The number of carbonyl (C=O) groups excluding carboxylic acids is 2. The molecule has 0 unspecified atom stereocenters. The van der Waals surface area contributed by atoms with Crippen LogP contribution in [0.15, 0.2) is 53.4 Å². The Labute approximate surface area is 166 Å². The highest BCUT2D eigenvalue weighted by Crippen LogP contribution is 2.23. The fraction of sp³-hybridized carbons (Fsp3) is 0.200. The number of hydrogen-bond acceptors (Lipinski definition) is 5. The lowest BCUT2D eigenvalue weighted by Gasteiger charge is -2.13. The van der Waals surface area contributed by atoms with Gasteiger partial charge in [-0.2, -0.15) is 4.72 Å². The average Bonchev–Trinajstić information content (AvgIpc) is 3.01. The summed E-state index contributed by atoms with van der Waals surface area (Å²) in [6.07, 6.45) is -1.13. The smallest absolute Gasteiger partial charge is 0.321 e. The zero-order valence-corrected chi connectivity index (χ0v) is 16.5. The second-order valence-electron chi connectivity index (χ2n) is 6.42. The van der Waals surface area contributed by atoms with Gasteiger partial charge in [-0.1, -0.05) is 30.3 Å². The third-order valence-electron chi connectivity index (χ3n) is 4.35. The highest BCUT2D eigenvalue weighted by molar-refractivity contribution is 7.89. The standard InChI is InChI=1S/C20H19FN2O5S/c1-12-19(14-7-3-5-9-16(14)23-12)20(25)13(2)28-18(24)11-22-29(26,27)17-10-6-4-8-15(17)21/h3-10,13,22-23H,11H2,1-2H3/t13-/m0/s1. The molecule has 0 fully saturated rings. The Kier molecular flexibility index (Phi) is 5.81. The zero-order chi connectivity index (χ0) is 21.2. The molecule has 3 rings (SSSR count). The number of ether oxygens (including phenoxy) is 1. The minimum absolute atomic E-state index is 0.410. The van der Waals surface area contributed by atoms with Crippen molar-refractivity contribution in [3.8, 4) is 0 Å². The van der Waals surface area contributed by atoms with E-state index in [2.05, 4.69) is 4.98 Å². The predicted octanol–water partition coefficient (Wildman–Crippen LogP) is 2.71. The Balaban J connectivity index is 1.67. The van der Waals surface area contributed by atoms with Crippen LogP contribution in [0.2, 0.25) is 0 Å². The van der Waals surface area contributed by atoms with E-state index in [1.165, 1.54) is 19.1 Å². The summed E-state index contributed by atoms with van der Waals surface area (Å²) in [5.74, 6) is -2.31. The summed E-state index contributed by atoms with van der Waals surface area (Å²) in [7, 11) is -4.24. The quantitative estimate of drug-likeness (QED) is 0.453. The number of rotatable bonds is 7. The maximum Gasteiger partial charge on any atom is 0.321 e. The fourth-order valence-corrected chi connectivity index (χ4v) is 4.03. The van der Waals surface area contributed by atoms with Crippen molar-refractivity contribution in [2.75, 3.05) is 6.54 Å². The number of hydrogen-bond donors (Lipinski definition) is 2. The molecule has 2 aromatic carbocycles. The summed E-state index contributed by atoms with van der Waals surface area (Å²) in [6, 6.07) is 12.0. The minimum Gasteiger partial charge on any atom is -0.453 e. The largest absolute Gasteiger partial charge is 0.453 e. The summed E-state index contributed by atoms with van der Waals surface area (Å²) in [6.45, 7) is 2.41. The van der Waals surface area contributed by atoms with Crippen LogP contribution in [0.1, 0.15) is 23.0 Å². The second-order valence-corrected chi connectivity index (χ2v) is 8.16. The van der Waals surface area contributed by atoms with Crippen LogP contribution in [-0.2, 0) is 19.6 Å². The normalized spacial score (nSPS) is 12.7. The van der Waals surface area contributed by atoms with Crippen molar-refractivity contribution in [2.45, 2.75) is 24.8 Å². The van der Waals surface area contributed by atoms with Crippen molar-refractivity contribution in [3.05, 3.63) is 65.6 Å². The molecule has 152 valence electrons. The first-order valence-corrected chi connectivity index (χ1v) is 10.2. The molecule has 0 amide bonds. The lowest BCUT2D eigenvalue weighted by Crippen LogP contribution is -2.34. The van der Waals surface area contributed by atoms with Crippen LogP contribution in [0.5, 0.6) is 0 Å². The Morgan fingerprint density at radius 2 is 1.79 bits per heavy atom. The van der Waals surface area contributed by atoms with Crippen LogP contribution in [0.25, 0.3) is 10.9 Å². The van der Waals surface area contributed by atoms with E-state index in [0.717, 1.165) is 17.6 Å². The van der Waals surface area contributed by atoms with Gasteiger partial charge in [0.15, 0.2) is 6.10 Å². The number of ketones is 1. The zero-order valence-electron chi connectivity index (χ0n) is 15.7. The molecule has 2 N–H and O–H groups in total. The van der Waals surface area contributed by atoms with E-state index in [0.29, 0.717) is 16.6 Å². The molecule has 0 radical (unpaired) electrons. The van der Waals surface area contributed by atoms with E-state index < -0.39 is 45.1 Å². The van der Waals surface area contributed by atoms with Crippen molar-refractivity contribution in [2.24, 2.45) is 0 Å². The van der Waals surface area contributed by atoms with E-state index in [9.17, 15) is 22.4 Å². The molecule has 0 saturated carbocycles. The number of aromatic amines is 1. The molecule has 1 atom stereocenters. The van der Waals surface area contributed by atoms with E-state index in [4.69, 9.17) is 4.74 Å². The van der Waals surface area contributed by atoms with Crippen molar-refractivity contribution in [3.63, 3.8) is 0 Å². The number of fused-ring (bicyclic) bond motifs is 1. The molecule has 3 aromatic rings. The van der Waals surface area contributed by atoms with Gasteiger partial charge >= 0.3 is 5.97 Å². The summed E-state index contributed by atoms with van der Waals surface area (Å²) < 4.78 is 45.0. The Hall–Kier alpha value is -3.04. The van der Waals surface area contributed by atoms with Gasteiger partial charge in [-0.15, -0.1) is 0 Å². The minimum atomic E-state index is -4.24. The summed E-state index contributed by atoms with van der Waals surface area (Å²) >= 11 is 0. The summed E-state index contributed by atoms with van der Waals surface area (Å²) in [5.41, 5.74) is 1.83. The number of H-pyrrole nitrogens is 1. The third-order valence-corrected chi connectivity index (χ3v) is 5.78. The van der Waals surface area contributed by atoms with Gasteiger partial charge in [-0.05, 0) is 32.0 Å². The van der Waals surface area contributed by atoms with Gasteiger partial charge in [-0.25, -0.2) is 12.8 Å². The molecule has 0 bridgehead atoms. The lowest BCUT2D eigenvalue weighted by molar-refractivity contribution is -0.144. The molecule has 9 heteroatoms. The van der Waals surface area contributed by atoms with Crippen LogP contribution >= 0.6 is 0 Å².